The molecule has 0 fully saturated rings. The third kappa shape index (κ3) is 20.5. The molecule has 0 aromatic rings. The standard InChI is InChI=1S/B72/c1-38(2)56(37)65(55(35)36)70(66(57(39(3)4)40(5)6)58(41(7)8)42(9)10)72(69(63(51(27)28)52(29)30)64(53(31)32)54(33)34)71(67(59(43(11)12)44(13)14)60(45(15)16)46(17)18)68(61(47(19)20)48(21)22)62(49(23)24)50(25)26. The van der Waals surface area contributed by atoms with Crippen molar-refractivity contribution in [2.75, 3.05) is 0 Å². The predicted octanol–water partition coefficient (Wildman–Crippen LogP) is -27.4. The fraction of sp³-hybridized carbons (Fsp3) is 0. The van der Waals surface area contributed by atoms with E-state index in [9.17, 15) is 0 Å². The monoisotopic (exact) mass is 793 g/mol. The highest BCUT2D eigenvalue weighted by Gasteiger charge is 2.64. The summed E-state index contributed by atoms with van der Waals surface area (Å²) >= 11 is 0. The number of hydrogen-bond donors (Lipinski definition) is 0. The molecule has 0 heterocycles. The fourth-order valence-corrected chi connectivity index (χ4v) is 12.6. The second-order valence-corrected chi connectivity index (χ2v) is 20.2. The molecule has 0 rings (SSSR count). The van der Waals surface area contributed by atoms with E-state index in [1.165, 1.54) is 0 Å². The van der Waals surface area contributed by atoms with Crippen molar-refractivity contribution in [1.82, 2.24) is 0 Å². The molecule has 0 spiro atoms. The third-order valence-electron chi connectivity index (χ3n) is 15.1. The quantitative estimate of drug-likeness (QED) is 0.0571. The van der Waals surface area contributed by atoms with Gasteiger partial charge in [0.2, 0.25) is 0 Å². The van der Waals surface area contributed by atoms with Gasteiger partial charge in [0.25, 0.3) is 0 Å². The van der Waals surface area contributed by atoms with Gasteiger partial charge in [0, 0.05) is 510 Å². The Hall–Kier alpha value is 4.68. The zero-order valence-corrected chi connectivity index (χ0v) is 41.6. The van der Waals surface area contributed by atoms with Crippen LogP contribution in [0.2, 0.25) is 0 Å². The van der Waals surface area contributed by atoms with Gasteiger partial charge in [0.15, 0.2) is 0 Å². The summed E-state index contributed by atoms with van der Waals surface area (Å²) in [6.45, 7) is 0. The maximum atomic E-state index is 7.13. The molecule has 0 saturated carbocycles. The van der Waals surface area contributed by atoms with Crippen LogP contribution < -0.4 is 0 Å². The molecule has 216 valence electrons. The number of hydrogen-bond acceptors (Lipinski definition) is 0. The van der Waals surface area contributed by atoms with Crippen molar-refractivity contribution in [3.63, 3.8) is 0 Å². The highest BCUT2D eigenvalue weighted by Crippen LogP contribution is 2.26. The number of rotatable bonds is 34. The van der Waals surface area contributed by atoms with E-state index in [2.05, 4.69) is 0 Å². The minimum absolute atomic E-state index is 1.47. The molecule has 72 heavy (non-hydrogen) atoms. The largest absolute Gasteiger partial charge is 0 e. The van der Waals surface area contributed by atoms with Gasteiger partial charge in [0.1, 0.15) is 0 Å². The summed E-state index contributed by atoms with van der Waals surface area (Å²) in [5.41, 5.74) is 0. The SMILES string of the molecule is [B]B([B])B([B])B(B([B])[B])B(B(B(B([B])[B])B([B])[B])B(B([B])[B])B([B])[B])B(B(B(B([B])[B])B([B])[B])B(B([B])[B])B([B])[B])B(B(B(B([B])[B])B([B])[B])B(B([B])[B])B([B])[B])B(B(B([B])[B])B([B])[B])B(B([B])[B])B([B])[B]. The van der Waals surface area contributed by atoms with Crippen molar-refractivity contribution >= 4 is 510 Å². The minimum Gasteiger partial charge on any atom is 0 e. The van der Waals surface area contributed by atoms with Gasteiger partial charge in [-0.3, -0.25) is 0 Å². The molecule has 0 aliphatic rings. The Kier molecular flexibility index (Phi) is 37.4. The third-order valence-corrected chi connectivity index (χ3v) is 15.1. The lowest BCUT2D eigenvalue weighted by Gasteiger charge is -2.60. The van der Waals surface area contributed by atoms with E-state index in [1.54, 1.807) is 0 Å². The van der Waals surface area contributed by atoms with E-state index in [1.807, 2.05) is 0 Å². The van der Waals surface area contributed by atoms with Gasteiger partial charge in [-0.25, -0.2) is 0 Å². The molecule has 0 nitrogen and oxygen atoms in total. The smallest absolute Gasteiger partial charge is 0 e. The summed E-state index contributed by atoms with van der Waals surface area (Å²) in [5, 5.41) is 0. The van der Waals surface area contributed by atoms with Crippen LogP contribution in [0, 0.1) is 0 Å². The molecule has 0 aromatic carbocycles. The summed E-state index contributed by atoms with van der Waals surface area (Å²) < 4.78 is 0. The topological polar surface area (TPSA) is 0 Å². The summed E-state index contributed by atoms with van der Waals surface area (Å²) in [6.07, 6.45) is -55.4. The Balaban J connectivity index is 11.9. The molecule has 0 aliphatic carbocycles. The van der Waals surface area contributed by atoms with Crippen LogP contribution in [-0.2, 0) is 0 Å². The maximum Gasteiger partial charge on any atom is 0 e. The minimum atomic E-state index is -1.77. The molecule has 74 radical (unpaired) electrons. The molecule has 0 unspecified atom stereocenters. The van der Waals surface area contributed by atoms with Gasteiger partial charge in [0.05, 0.1) is 0 Å². The van der Waals surface area contributed by atoms with Crippen LogP contribution in [0.5, 0.6) is 0 Å². The van der Waals surface area contributed by atoms with Crippen molar-refractivity contribution in [2.24, 2.45) is 0 Å². The first-order chi connectivity index (χ1) is 32.7. The van der Waals surface area contributed by atoms with E-state index in [-0.39, 0.29) is 0 Å². The van der Waals surface area contributed by atoms with E-state index in [4.69, 9.17) is 286 Å². The van der Waals surface area contributed by atoms with Crippen LogP contribution in [0.15, 0.2) is 0 Å². The van der Waals surface area contributed by atoms with Gasteiger partial charge in [-0.05, 0) is 0 Å². The van der Waals surface area contributed by atoms with E-state index in [0.717, 1.165) is 0 Å². The first-order valence-electron chi connectivity index (χ1n) is 23.7. The van der Waals surface area contributed by atoms with Gasteiger partial charge in [-0.2, -0.15) is 0 Å². The van der Waals surface area contributed by atoms with Crippen LogP contribution in [0.1, 0.15) is 0 Å². The first-order valence-corrected chi connectivity index (χ1v) is 23.7. The fourth-order valence-electron chi connectivity index (χ4n) is 12.6. The second-order valence-electron chi connectivity index (χ2n) is 20.2. The second kappa shape index (κ2) is 35.1. The van der Waals surface area contributed by atoms with Crippen molar-refractivity contribution < 1.29 is 0 Å². The lowest BCUT2D eigenvalue weighted by atomic mass is 8.21. The average Bonchev–Trinajstić information content (AvgIpc) is 3.15. The van der Waals surface area contributed by atoms with Crippen LogP contribution in [-0.4, -0.2) is 510 Å². The molecule has 0 bridgehead atoms. The van der Waals surface area contributed by atoms with Gasteiger partial charge >= 0.3 is 0 Å². The molecular weight excluding hydrogens is 778 g/mol. The molecule has 0 atom stereocenters. The van der Waals surface area contributed by atoms with E-state index >= 15 is 0 Å². The highest BCUT2D eigenvalue weighted by atomic mass is 13.5. The zero-order chi connectivity index (χ0) is 57.2. The van der Waals surface area contributed by atoms with Crippen molar-refractivity contribution in [3.05, 3.63) is 0 Å². The Bertz CT molecular complexity index is 1190. The van der Waals surface area contributed by atoms with Crippen molar-refractivity contribution in [3.8, 4) is 0 Å². The molecule has 0 saturated heterocycles. The molecule has 0 aliphatic heterocycles. The average molecular weight is 778 g/mol. The summed E-state index contributed by atoms with van der Waals surface area (Å²) in [6, 6.07) is 0. The summed E-state index contributed by atoms with van der Waals surface area (Å²) in [5.74, 6) is 0. The first kappa shape index (κ1) is 76.7. The van der Waals surface area contributed by atoms with Crippen LogP contribution in [0.3, 0.4) is 0 Å². The Morgan fingerprint density at radius 1 is 0.0833 bits per heavy atom. The Morgan fingerprint density at radius 2 is 0.167 bits per heavy atom. The summed E-state index contributed by atoms with van der Waals surface area (Å²) in [7, 11) is 250. The molecule has 72 heteroatoms. The van der Waals surface area contributed by atoms with Crippen LogP contribution in [0.4, 0.5) is 0 Å². The van der Waals surface area contributed by atoms with Crippen molar-refractivity contribution in [1.29, 1.82) is 0 Å². The lowest BCUT2D eigenvalue weighted by Crippen LogP contribution is -2.98. The van der Waals surface area contributed by atoms with Crippen LogP contribution >= 0.6 is 0 Å². The van der Waals surface area contributed by atoms with Crippen molar-refractivity contribution in [2.45, 2.75) is 0 Å². The lowest BCUT2D eigenvalue weighted by molar-refractivity contribution is 3.15. The maximum absolute atomic E-state index is 7.13. The highest BCUT2D eigenvalue weighted by molar-refractivity contribution is 8.40. The molecular formula is B72. The van der Waals surface area contributed by atoms with Gasteiger partial charge < -0.3 is 0 Å². The van der Waals surface area contributed by atoms with Gasteiger partial charge in [-0.1, -0.05) is 0 Å². The molecule has 0 N–H and O–H groups in total. The predicted molar refractivity (Wildman–Crippen MR) is 414 cm³/mol. The van der Waals surface area contributed by atoms with Gasteiger partial charge in [-0.15, -0.1) is 0 Å². The molecule has 0 aromatic heterocycles. The van der Waals surface area contributed by atoms with E-state index < -0.39 is 223 Å². The Morgan fingerprint density at radius 3 is 0.250 bits per heavy atom. The van der Waals surface area contributed by atoms with E-state index in [0.29, 0.717) is 0 Å². The Labute approximate surface area is 505 Å². The molecule has 0 amide bonds. The normalized spacial score (nSPS) is 9.78. The van der Waals surface area contributed by atoms with Crippen LogP contribution in [0.25, 0.3) is 0 Å². The zero-order valence-electron chi connectivity index (χ0n) is 41.6. The summed E-state index contributed by atoms with van der Waals surface area (Å²) in [4.78, 5) is 0.